The van der Waals surface area contributed by atoms with Crippen molar-refractivity contribution in [3.05, 3.63) is 11.8 Å². The number of carbonyl (C=O) groups is 2. The van der Waals surface area contributed by atoms with Gasteiger partial charge in [-0.15, -0.1) is 0 Å². The molecular formula is C11H16N4O3S. The first-order valence-electron chi connectivity index (χ1n) is 5.71. The lowest BCUT2D eigenvalue weighted by Crippen LogP contribution is -2.22. The van der Waals surface area contributed by atoms with Gasteiger partial charge in [0.15, 0.2) is 5.16 Å². The Morgan fingerprint density at radius 1 is 1.53 bits per heavy atom. The summed E-state index contributed by atoms with van der Waals surface area (Å²) in [6.07, 6.45) is 1.35. The van der Waals surface area contributed by atoms with Crippen molar-refractivity contribution in [2.24, 2.45) is 0 Å². The molecule has 1 aromatic heterocycles. The third-order valence-corrected chi connectivity index (χ3v) is 2.86. The average Bonchev–Trinajstić information content (AvgIpc) is 2.34. The van der Waals surface area contributed by atoms with Crippen LogP contribution < -0.4 is 11.1 Å². The zero-order valence-electron chi connectivity index (χ0n) is 10.8. The van der Waals surface area contributed by atoms with Crippen molar-refractivity contribution in [2.75, 3.05) is 24.6 Å². The van der Waals surface area contributed by atoms with E-state index in [-0.39, 0.29) is 23.9 Å². The number of nitrogen functional groups attached to an aromatic ring is 1. The highest BCUT2D eigenvalue weighted by atomic mass is 32.2. The summed E-state index contributed by atoms with van der Waals surface area (Å²) >= 11 is 1.34. The van der Waals surface area contributed by atoms with Gasteiger partial charge in [-0.05, 0) is 6.92 Å². The van der Waals surface area contributed by atoms with Gasteiger partial charge in [-0.2, -0.15) is 0 Å². The zero-order valence-corrected chi connectivity index (χ0v) is 11.6. The molecule has 0 saturated carbocycles. The van der Waals surface area contributed by atoms with E-state index in [2.05, 4.69) is 15.3 Å². The van der Waals surface area contributed by atoms with E-state index in [0.29, 0.717) is 17.5 Å². The largest absolute Gasteiger partial charge is 0.462 e. The van der Waals surface area contributed by atoms with Gasteiger partial charge in [0.2, 0.25) is 5.91 Å². The fourth-order valence-corrected chi connectivity index (χ4v) is 1.86. The Hall–Kier alpha value is -1.83. The van der Waals surface area contributed by atoms with Crippen molar-refractivity contribution >= 4 is 29.5 Å². The fourth-order valence-electron chi connectivity index (χ4n) is 1.18. The van der Waals surface area contributed by atoms with E-state index in [9.17, 15) is 9.59 Å². The molecule has 0 spiro atoms. The Kier molecular flexibility index (Phi) is 6.07. The molecule has 0 radical (unpaired) electrons. The van der Waals surface area contributed by atoms with Gasteiger partial charge >= 0.3 is 5.97 Å². The van der Waals surface area contributed by atoms with E-state index >= 15 is 0 Å². The summed E-state index contributed by atoms with van der Waals surface area (Å²) in [5.41, 5.74) is 5.83. The molecule has 0 saturated heterocycles. The van der Waals surface area contributed by atoms with Crippen LogP contribution in [0.4, 0.5) is 5.82 Å². The quantitative estimate of drug-likeness (QED) is 0.338. The predicted octanol–water partition coefficient (Wildman–Crippen LogP) is 0.464. The number of rotatable bonds is 6. The highest BCUT2D eigenvalue weighted by Gasteiger charge is 2.13. The highest BCUT2D eigenvalue weighted by Crippen LogP contribution is 2.16. The van der Waals surface area contributed by atoms with Crippen molar-refractivity contribution in [3.63, 3.8) is 0 Å². The first kappa shape index (κ1) is 15.2. The third-order valence-electron chi connectivity index (χ3n) is 2.00. The summed E-state index contributed by atoms with van der Waals surface area (Å²) in [4.78, 5) is 30.2. The summed E-state index contributed by atoms with van der Waals surface area (Å²) in [7, 11) is 0. The smallest absolute Gasteiger partial charge is 0.343 e. The number of nitrogens with two attached hydrogens (primary N) is 1. The number of ether oxygens (including phenoxy) is 1. The van der Waals surface area contributed by atoms with Crippen LogP contribution in [0.3, 0.4) is 0 Å². The summed E-state index contributed by atoms with van der Waals surface area (Å²) in [5.74, 6) is 0.0987. The van der Waals surface area contributed by atoms with Crippen molar-refractivity contribution in [1.82, 2.24) is 15.3 Å². The van der Waals surface area contributed by atoms with Crippen molar-refractivity contribution in [1.29, 1.82) is 0 Å². The Morgan fingerprint density at radius 2 is 2.26 bits per heavy atom. The van der Waals surface area contributed by atoms with Gasteiger partial charge in [0.1, 0.15) is 11.4 Å². The normalized spacial score (nSPS) is 10.0. The van der Waals surface area contributed by atoms with E-state index in [4.69, 9.17) is 10.5 Å². The van der Waals surface area contributed by atoms with Gasteiger partial charge in [-0.1, -0.05) is 11.8 Å². The van der Waals surface area contributed by atoms with Crippen LogP contribution in [0, 0.1) is 0 Å². The number of hydrogen-bond donors (Lipinski definition) is 2. The number of esters is 1. The van der Waals surface area contributed by atoms with E-state index in [0.717, 1.165) is 0 Å². The number of amides is 1. The molecule has 0 aliphatic carbocycles. The average molecular weight is 284 g/mol. The van der Waals surface area contributed by atoms with Crippen LogP contribution in [-0.2, 0) is 9.53 Å². The van der Waals surface area contributed by atoms with Crippen molar-refractivity contribution in [3.8, 4) is 0 Å². The Morgan fingerprint density at radius 3 is 2.84 bits per heavy atom. The minimum Gasteiger partial charge on any atom is -0.462 e. The van der Waals surface area contributed by atoms with Crippen molar-refractivity contribution < 1.29 is 14.3 Å². The third kappa shape index (κ3) is 5.12. The SMILES string of the molecule is CCOC(=O)c1cnc(SCCNC(C)=O)nc1N. The molecule has 19 heavy (non-hydrogen) atoms. The molecule has 7 nitrogen and oxygen atoms in total. The van der Waals surface area contributed by atoms with E-state index < -0.39 is 5.97 Å². The van der Waals surface area contributed by atoms with Crippen LogP contribution in [0.15, 0.2) is 11.4 Å². The van der Waals surface area contributed by atoms with Gasteiger partial charge in [0.25, 0.3) is 0 Å². The first-order valence-corrected chi connectivity index (χ1v) is 6.70. The lowest BCUT2D eigenvalue weighted by molar-refractivity contribution is -0.118. The monoisotopic (exact) mass is 284 g/mol. The summed E-state index contributed by atoms with van der Waals surface area (Å²) in [6, 6.07) is 0. The maximum atomic E-state index is 11.5. The van der Waals surface area contributed by atoms with Gasteiger partial charge < -0.3 is 15.8 Å². The van der Waals surface area contributed by atoms with Gasteiger partial charge in [-0.25, -0.2) is 14.8 Å². The second-order valence-electron chi connectivity index (χ2n) is 3.50. The molecule has 0 aliphatic heterocycles. The number of aromatic nitrogens is 2. The molecule has 1 heterocycles. The number of nitrogens with zero attached hydrogens (tertiary/aromatic N) is 2. The highest BCUT2D eigenvalue weighted by molar-refractivity contribution is 7.99. The van der Waals surface area contributed by atoms with Crippen LogP contribution in [0.2, 0.25) is 0 Å². The standard InChI is InChI=1S/C11H16N4O3S/c1-3-18-10(17)8-6-14-11(15-9(8)12)19-5-4-13-7(2)16/h6H,3-5H2,1-2H3,(H,13,16)(H2,12,14,15). The summed E-state index contributed by atoms with van der Waals surface area (Å²) in [6.45, 7) is 3.95. The minimum atomic E-state index is -0.533. The lowest BCUT2D eigenvalue weighted by atomic mass is 10.3. The van der Waals surface area contributed by atoms with Crippen LogP contribution in [0.5, 0.6) is 0 Å². The van der Waals surface area contributed by atoms with Crippen LogP contribution in [0.25, 0.3) is 0 Å². The predicted molar refractivity (Wildman–Crippen MR) is 71.8 cm³/mol. The molecule has 0 aliphatic rings. The maximum Gasteiger partial charge on any atom is 0.343 e. The summed E-state index contributed by atoms with van der Waals surface area (Å²) < 4.78 is 4.82. The first-order chi connectivity index (χ1) is 9.04. The maximum absolute atomic E-state index is 11.5. The topological polar surface area (TPSA) is 107 Å². The van der Waals surface area contributed by atoms with Gasteiger partial charge in [0, 0.05) is 25.4 Å². The van der Waals surface area contributed by atoms with Crippen molar-refractivity contribution in [2.45, 2.75) is 19.0 Å². The van der Waals surface area contributed by atoms with Gasteiger partial charge in [0.05, 0.1) is 6.61 Å². The second kappa shape index (κ2) is 7.57. The fraction of sp³-hybridized carbons (Fsp3) is 0.455. The zero-order chi connectivity index (χ0) is 14.3. The van der Waals surface area contributed by atoms with Crippen LogP contribution >= 0.6 is 11.8 Å². The van der Waals surface area contributed by atoms with E-state index in [1.165, 1.54) is 24.9 Å². The van der Waals surface area contributed by atoms with Crippen LogP contribution in [-0.4, -0.2) is 40.7 Å². The minimum absolute atomic E-state index is 0.0845. The number of hydrogen-bond acceptors (Lipinski definition) is 7. The molecule has 1 rings (SSSR count). The summed E-state index contributed by atoms with van der Waals surface area (Å²) in [5, 5.41) is 3.11. The number of anilines is 1. The molecular weight excluding hydrogens is 268 g/mol. The molecule has 1 aromatic rings. The molecule has 3 N–H and O–H groups in total. The number of carbonyl (C=O) groups excluding carboxylic acids is 2. The second-order valence-corrected chi connectivity index (χ2v) is 4.57. The molecule has 0 fully saturated rings. The molecule has 0 aromatic carbocycles. The molecule has 8 heteroatoms. The van der Waals surface area contributed by atoms with E-state index in [1.54, 1.807) is 6.92 Å². The molecule has 0 atom stereocenters. The Labute approximate surface area is 115 Å². The Bertz CT molecular complexity index is 467. The molecule has 0 bridgehead atoms. The van der Waals surface area contributed by atoms with Crippen LogP contribution in [0.1, 0.15) is 24.2 Å². The molecule has 1 amide bonds. The Balaban J connectivity index is 2.56. The number of thioether (sulfide) groups is 1. The molecule has 104 valence electrons. The molecule has 0 unspecified atom stereocenters. The number of nitrogens with one attached hydrogen (secondary N) is 1. The van der Waals surface area contributed by atoms with Gasteiger partial charge in [-0.3, -0.25) is 4.79 Å². The lowest BCUT2D eigenvalue weighted by Gasteiger charge is -2.06. The van der Waals surface area contributed by atoms with E-state index in [1.807, 2.05) is 0 Å².